The summed E-state index contributed by atoms with van der Waals surface area (Å²) in [6.07, 6.45) is 1.92. The first-order valence-electron chi connectivity index (χ1n) is 6.42. The number of rotatable bonds is 5. The summed E-state index contributed by atoms with van der Waals surface area (Å²) < 4.78 is 0. The third kappa shape index (κ3) is 4.35. The van der Waals surface area contributed by atoms with Crippen LogP contribution >= 0.6 is 12.4 Å². The summed E-state index contributed by atoms with van der Waals surface area (Å²) in [5, 5.41) is 0. The number of benzene rings is 2. The van der Waals surface area contributed by atoms with E-state index in [4.69, 9.17) is 11.5 Å². The molecule has 2 aromatic rings. The van der Waals surface area contributed by atoms with Gasteiger partial charge in [-0.2, -0.15) is 0 Å². The molecule has 3 heteroatoms. The molecule has 102 valence electrons. The number of nitrogens with two attached hydrogens (primary N) is 2. The van der Waals surface area contributed by atoms with Gasteiger partial charge in [-0.15, -0.1) is 12.4 Å². The molecule has 0 saturated heterocycles. The van der Waals surface area contributed by atoms with Gasteiger partial charge < -0.3 is 11.5 Å². The van der Waals surface area contributed by atoms with E-state index in [1.165, 1.54) is 16.7 Å². The van der Waals surface area contributed by atoms with Crippen LogP contribution in [-0.4, -0.2) is 6.54 Å². The molecule has 2 aromatic carbocycles. The van der Waals surface area contributed by atoms with Gasteiger partial charge in [-0.1, -0.05) is 54.6 Å². The number of hydrogen-bond acceptors (Lipinski definition) is 2. The fourth-order valence-electron chi connectivity index (χ4n) is 2.06. The summed E-state index contributed by atoms with van der Waals surface area (Å²) in [5.74, 6) is 0. The minimum atomic E-state index is 0. The fraction of sp³-hybridized carbons (Fsp3) is 0.250. The normalized spacial score (nSPS) is 11.7. The van der Waals surface area contributed by atoms with Crippen LogP contribution in [0.15, 0.2) is 54.6 Å². The summed E-state index contributed by atoms with van der Waals surface area (Å²) in [5.41, 5.74) is 15.3. The molecule has 1 atom stereocenters. The molecule has 4 N–H and O–H groups in total. The van der Waals surface area contributed by atoms with Crippen molar-refractivity contribution in [2.24, 2.45) is 11.5 Å². The van der Waals surface area contributed by atoms with Crippen molar-refractivity contribution in [1.82, 2.24) is 0 Å². The van der Waals surface area contributed by atoms with Gasteiger partial charge in [0.1, 0.15) is 0 Å². The Hall–Kier alpha value is -1.35. The van der Waals surface area contributed by atoms with Gasteiger partial charge in [0, 0.05) is 6.04 Å². The van der Waals surface area contributed by atoms with E-state index in [9.17, 15) is 0 Å². The van der Waals surface area contributed by atoms with Crippen molar-refractivity contribution in [2.75, 3.05) is 6.54 Å². The zero-order chi connectivity index (χ0) is 12.8. The molecular weight excluding hydrogens is 256 g/mol. The maximum Gasteiger partial charge on any atom is 0.0295 e. The van der Waals surface area contributed by atoms with Gasteiger partial charge in [0.25, 0.3) is 0 Å². The zero-order valence-corrected chi connectivity index (χ0v) is 11.8. The summed E-state index contributed by atoms with van der Waals surface area (Å²) in [4.78, 5) is 0. The Morgan fingerprint density at radius 2 is 1.42 bits per heavy atom. The lowest BCUT2D eigenvalue weighted by Crippen LogP contribution is -2.12. The summed E-state index contributed by atoms with van der Waals surface area (Å²) in [6, 6.07) is 18.9. The Balaban J connectivity index is 0.00000180. The number of hydrogen-bond donors (Lipinski definition) is 2. The molecule has 0 aliphatic rings. The van der Waals surface area contributed by atoms with Gasteiger partial charge in [-0.05, 0) is 36.1 Å². The molecule has 0 saturated carbocycles. The number of halogens is 1. The van der Waals surface area contributed by atoms with Crippen molar-refractivity contribution < 1.29 is 0 Å². The molecule has 0 aliphatic heterocycles. The van der Waals surface area contributed by atoms with Gasteiger partial charge in [-0.25, -0.2) is 0 Å². The topological polar surface area (TPSA) is 52.0 Å². The SMILES string of the molecule is Cl.NCCC[C@@H](N)c1ccc(-c2ccccc2)cc1. The summed E-state index contributed by atoms with van der Waals surface area (Å²) in [7, 11) is 0. The van der Waals surface area contributed by atoms with E-state index in [0.29, 0.717) is 6.54 Å². The Kier molecular flexibility index (Phi) is 6.57. The van der Waals surface area contributed by atoms with Crippen LogP contribution < -0.4 is 11.5 Å². The molecule has 0 amide bonds. The van der Waals surface area contributed by atoms with E-state index in [-0.39, 0.29) is 18.4 Å². The Morgan fingerprint density at radius 3 is 2.00 bits per heavy atom. The van der Waals surface area contributed by atoms with Crippen LogP contribution in [0.5, 0.6) is 0 Å². The lowest BCUT2D eigenvalue weighted by molar-refractivity contribution is 0.618. The van der Waals surface area contributed by atoms with Crippen molar-refractivity contribution in [3.05, 3.63) is 60.2 Å². The lowest BCUT2D eigenvalue weighted by atomic mass is 9.99. The van der Waals surface area contributed by atoms with Gasteiger partial charge in [0.15, 0.2) is 0 Å². The van der Waals surface area contributed by atoms with Gasteiger partial charge in [-0.3, -0.25) is 0 Å². The van der Waals surface area contributed by atoms with Crippen molar-refractivity contribution in [2.45, 2.75) is 18.9 Å². The fourth-order valence-corrected chi connectivity index (χ4v) is 2.06. The Labute approximate surface area is 121 Å². The van der Waals surface area contributed by atoms with E-state index in [1.807, 2.05) is 6.07 Å². The molecule has 0 aliphatic carbocycles. The van der Waals surface area contributed by atoms with Gasteiger partial charge in [0.05, 0.1) is 0 Å². The van der Waals surface area contributed by atoms with E-state index in [2.05, 4.69) is 48.5 Å². The van der Waals surface area contributed by atoms with E-state index in [0.717, 1.165) is 12.8 Å². The highest BCUT2D eigenvalue weighted by Gasteiger charge is 2.05. The first-order chi connectivity index (χ1) is 8.81. The smallest absolute Gasteiger partial charge is 0.0295 e. The second-order valence-electron chi connectivity index (χ2n) is 4.53. The van der Waals surface area contributed by atoms with E-state index < -0.39 is 0 Å². The third-order valence-electron chi connectivity index (χ3n) is 3.17. The molecule has 2 nitrogen and oxygen atoms in total. The van der Waals surface area contributed by atoms with Crippen molar-refractivity contribution in [3.63, 3.8) is 0 Å². The van der Waals surface area contributed by atoms with Crippen molar-refractivity contribution in [3.8, 4) is 11.1 Å². The molecule has 0 fully saturated rings. The maximum absolute atomic E-state index is 6.11. The average Bonchev–Trinajstić information content (AvgIpc) is 2.46. The molecule has 0 radical (unpaired) electrons. The van der Waals surface area contributed by atoms with Crippen LogP contribution in [0.2, 0.25) is 0 Å². The predicted octanol–water partition coefficient (Wildman–Crippen LogP) is 3.51. The first kappa shape index (κ1) is 15.7. The summed E-state index contributed by atoms with van der Waals surface area (Å²) in [6.45, 7) is 0.704. The molecule has 0 unspecified atom stereocenters. The molecular formula is C16H21ClN2. The minimum Gasteiger partial charge on any atom is -0.330 e. The molecule has 0 bridgehead atoms. The van der Waals surface area contributed by atoms with Crippen LogP contribution in [0.3, 0.4) is 0 Å². The highest BCUT2D eigenvalue weighted by Crippen LogP contribution is 2.22. The second kappa shape index (κ2) is 7.95. The molecule has 0 aromatic heterocycles. The lowest BCUT2D eigenvalue weighted by Gasteiger charge is -2.12. The second-order valence-corrected chi connectivity index (χ2v) is 4.53. The predicted molar refractivity (Wildman–Crippen MR) is 84.3 cm³/mol. The molecule has 19 heavy (non-hydrogen) atoms. The molecule has 0 spiro atoms. The van der Waals surface area contributed by atoms with Crippen LogP contribution in [0.25, 0.3) is 11.1 Å². The van der Waals surface area contributed by atoms with Crippen molar-refractivity contribution in [1.29, 1.82) is 0 Å². The largest absolute Gasteiger partial charge is 0.330 e. The van der Waals surface area contributed by atoms with Crippen LogP contribution in [0.4, 0.5) is 0 Å². The van der Waals surface area contributed by atoms with Crippen LogP contribution in [-0.2, 0) is 0 Å². The van der Waals surface area contributed by atoms with Crippen LogP contribution in [0, 0.1) is 0 Å². The minimum absolute atomic E-state index is 0. The van der Waals surface area contributed by atoms with Crippen LogP contribution in [0.1, 0.15) is 24.4 Å². The van der Waals surface area contributed by atoms with E-state index in [1.54, 1.807) is 0 Å². The van der Waals surface area contributed by atoms with E-state index >= 15 is 0 Å². The monoisotopic (exact) mass is 276 g/mol. The summed E-state index contributed by atoms with van der Waals surface area (Å²) >= 11 is 0. The average molecular weight is 277 g/mol. The third-order valence-corrected chi connectivity index (χ3v) is 3.17. The molecule has 0 heterocycles. The Bertz CT molecular complexity index is 468. The van der Waals surface area contributed by atoms with Gasteiger partial charge >= 0.3 is 0 Å². The maximum atomic E-state index is 6.11. The highest BCUT2D eigenvalue weighted by molar-refractivity contribution is 5.85. The molecule has 2 rings (SSSR count). The standard InChI is InChI=1S/C16H20N2.ClH/c17-12-4-7-16(18)15-10-8-14(9-11-15)13-5-2-1-3-6-13;/h1-3,5-6,8-11,16H,4,7,12,17-18H2;1H/t16-;/m1./s1. The zero-order valence-electron chi connectivity index (χ0n) is 11.0. The Morgan fingerprint density at radius 1 is 0.842 bits per heavy atom. The van der Waals surface area contributed by atoms with Crippen molar-refractivity contribution >= 4 is 12.4 Å². The first-order valence-corrected chi connectivity index (χ1v) is 6.42. The quantitative estimate of drug-likeness (QED) is 0.878. The highest BCUT2D eigenvalue weighted by atomic mass is 35.5. The van der Waals surface area contributed by atoms with Gasteiger partial charge in [0.2, 0.25) is 0 Å².